The highest BCUT2D eigenvalue weighted by Gasteiger charge is 2.30. The zero-order chi connectivity index (χ0) is 17.3. The lowest BCUT2D eigenvalue weighted by Crippen LogP contribution is -2.21. The molecule has 2 aromatic rings. The summed E-state index contributed by atoms with van der Waals surface area (Å²) in [6.45, 7) is 0. The van der Waals surface area contributed by atoms with Crippen LogP contribution < -0.4 is 4.74 Å². The van der Waals surface area contributed by atoms with Gasteiger partial charge in [0.15, 0.2) is 5.84 Å². The van der Waals surface area contributed by atoms with Crippen molar-refractivity contribution in [1.82, 2.24) is 5.01 Å². The van der Waals surface area contributed by atoms with Gasteiger partial charge in [0.1, 0.15) is 10.6 Å². The molecule has 124 valence electrons. The maximum Gasteiger partial charge on any atom is 0.285 e. The number of fused-ring (bicyclic) bond motifs is 1. The summed E-state index contributed by atoms with van der Waals surface area (Å²) >= 11 is 3.40. The van der Waals surface area contributed by atoms with Crippen LogP contribution in [0, 0.1) is 0 Å². The number of benzene rings is 2. The highest BCUT2D eigenvalue weighted by atomic mass is 79.9. The number of nitrogens with zero attached hydrogens (tertiary/aromatic N) is 3. The van der Waals surface area contributed by atoms with Gasteiger partial charge in [-0.2, -0.15) is 13.5 Å². The third kappa shape index (κ3) is 3.07. The van der Waals surface area contributed by atoms with Gasteiger partial charge in [0.05, 0.1) is 13.3 Å². The van der Waals surface area contributed by atoms with Gasteiger partial charge < -0.3 is 4.74 Å². The fraction of sp³-hybridized carbons (Fsp3) is 0.125. The summed E-state index contributed by atoms with van der Waals surface area (Å²) in [6, 6.07) is 12.2. The molecule has 0 atom stereocenters. The number of hydrazone groups is 1. The molecule has 0 spiro atoms. The molecule has 0 aliphatic carbocycles. The third-order valence-electron chi connectivity index (χ3n) is 3.48. The summed E-state index contributed by atoms with van der Waals surface area (Å²) in [5.41, 5.74) is 1.30. The Hall–Kier alpha value is -2.19. The molecule has 3 rings (SSSR count). The van der Waals surface area contributed by atoms with E-state index in [-0.39, 0.29) is 10.7 Å². The monoisotopic (exact) mass is 407 g/mol. The van der Waals surface area contributed by atoms with E-state index in [0.717, 1.165) is 10.0 Å². The molecule has 1 heterocycles. The Kier molecular flexibility index (Phi) is 4.42. The molecule has 8 heteroatoms. The van der Waals surface area contributed by atoms with Crippen LogP contribution in [0.2, 0.25) is 0 Å². The minimum absolute atomic E-state index is 0.196. The van der Waals surface area contributed by atoms with E-state index >= 15 is 0 Å². The van der Waals surface area contributed by atoms with Crippen molar-refractivity contribution in [3.8, 4) is 5.75 Å². The van der Waals surface area contributed by atoms with Crippen molar-refractivity contribution >= 4 is 38.0 Å². The maximum atomic E-state index is 12.1. The number of methoxy groups -OCH3 is 1. The molecule has 0 N–H and O–H groups in total. The summed E-state index contributed by atoms with van der Waals surface area (Å²) in [6.07, 6.45) is 1.60. The van der Waals surface area contributed by atoms with Crippen LogP contribution in [0.5, 0.6) is 5.75 Å². The fourth-order valence-corrected chi connectivity index (χ4v) is 3.94. The summed E-state index contributed by atoms with van der Waals surface area (Å²) in [5.74, 6) is 0.951. The molecule has 0 amide bonds. The predicted molar refractivity (Wildman–Crippen MR) is 96.2 cm³/mol. The summed E-state index contributed by atoms with van der Waals surface area (Å²) in [7, 11) is -0.434. The van der Waals surface area contributed by atoms with Crippen LogP contribution in [0.1, 0.15) is 11.1 Å². The van der Waals surface area contributed by atoms with Crippen LogP contribution in [0.25, 0.3) is 0 Å². The molecule has 0 aromatic heterocycles. The Labute approximate surface area is 148 Å². The van der Waals surface area contributed by atoms with E-state index in [0.29, 0.717) is 11.3 Å². The van der Waals surface area contributed by atoms with Crippen LogP contribution in [0.3, 0.4) is 0 Å². The van der Waals surface area contributed by atoms with Crippen molar-refractivity contribution in [2.75, 3.05) is 14.2 Å². The average molecular weight is 408 g/mol. The van der Waals surface area contributed by atoms with Gasteiger partial charge in [-0.05, 0) is 30.3 Å². The standard InChI is InChI=1S/C16H14BrN3O3S/c1-20(18-10-11-9-12(17)7-8-14(11)23-2)16-13-5-3-4-6-15(13)24(21,22)19-16/h3-10H,1-2H3/b18-10+. The molecule has 0 saturated heterocycles. The topological polar surface area (TPSA) is 71.3 Å². The predicted octanol–water partition coefficient (Wildman–Crippen LogP) is 2.87. The minimum Gasteiger partial charge on any atom is -0.496 e. The number of sulfonamides is 1. The average Bonchev–Trinajstić information content (AvgIpc) is 2.85. The lowest BCUT2D eigenvalue weighted by Gasteiger charge is -2.13. The second kappa shape index (κ2) is 6.37. The third-order valence-corrected chi connectivity index (χ3v) is 5.30. The van der Waals surface area contributed by atoms with E-state index in [2.05, 4.69) is 25.4 Å². The highest BCUT2D eigenvalue weighted by Crippen LogP contribution is 2.27. The number of rotatable bonds is 3. The van der Waals surface area contributed by atoms with Crippen LogP contribution in [0.15, 0.2) is 61.3 Å². The Morgan fingerprint density at radius 1 is 1.25 bits per heavy atom. The van der Waals surface area contributed by atoms with E-state index in [1.54, 1.807) is 38.6 Å². The Balaban J connectivity index is 1.94. The van der Waals surface area contributed by atoms with Crippen molar-refractivity contribution in [1.29, 1.82) is 0 Å². The maximum absolute atomic E-state index is 12.1. The zero-order valence-corrected chi connectivity index (χ0v) is 15.4. The number of amidine groups is 1. The normalized spacial score (nSPS) is 15.2. The van der Waals surface area contributed by atoms with Gasteiger partial charge in [-0.15, -0.1) is 4.40 Å². The van der Waals surface area contributed by atoms with E-state index in [9.17, 15) is 8.42 Å². The first kappa shape index (κ1) is 16.7. The molecular weight excluding hydrogens is 394 g/mol. The summed E-state index contributed by atoms with van der Waals surface area (Å²) < 4.78 is 34.2. The van der Waals surface area contributed by atoms with Crippen molar-refractivity contribution in [3.05, 3.63) is 58.1 Å². The second-order valence-corrected chi connectivity index (χ2v) is 7.53. The smallest absolute Gasteiger partial charge is 0.285 e. The minimum atomic E-state index is -3.66. The Bertz CT molecular complexity index is 955. The number of hydrogen-bond acceptors (Lipinski definition) is 5. The first-order valence-electron chi connectivity index (χ1n) is 6.98. The van der Waals surface area contributed by atoms with Gasteiger partial charge in [-0.1, -0.05) is 28.1 Å². The molecule has 0 saturated carbocycles. The van der Waals surface area contributed by atoms with Crippen LogP contribution in [0.4, 0.5) is 0 Å². The SMILES string of the molecule is COc1ccc(Br)cc1/C=N/N(C)C1=NS(=O)(=O)c2ccccc21. The van der Waals surface area contributed by atoms with Crippen molar-refractivity contribution < 1.29 is 13.2 Å². The molecule has 0 unspecified atom stereocenters. The molecule has 0 fully saturated rings. The molecule has 2 aromatic carbocycles. The summed E-state index contributed by atoms with van der Waals surface area (Å²) in [5, 5.41) is 5.74. The van der Waals surface area contributed by atoms with Gasteiger partial charge in [-0.25, -0.2) is 5.01 Å². The first-order chi connectivity index (χ1) is 11.4. The Morgan fingerprint density at radius 3 is 2.75 bits per heavy atom. The van der Waals surface area contributed by atoms with E-state index < -0.39 is 10.0 Å². The molecular formula is C16H14BrN3O3S. The van der Waals surface area contributed by atoms with Gasteiger partial charge in [0, 0.05) is 22.6 Å². The molecule has 1 aliphatic rings. The van der Waals surface area contributed by atoms with Crippen LogP contribution in [-0.2, 0) is 10.0 Å². The molecule has 0 bridgehead atoms. The van der Waals surface area contributed by atoms with Gasteiger partial charge in [0.25, 0.3) is 10.0 Å². The number of hydrogen-bond donors (Lipinski definition) is 0. The van der Waals surface area contributed by atoms with Crippen molar-refractivity contribution in [2.24, 2.45) is 9.50 Å². The van der Waals surface area contributed by atoms with E-state index in [4.69, 9.17) is 4.74 Å². The molecule has 24 heavy (non-hydrogen) atoms. The fourth-order valence-electron chi connectivity index (χ4n) is 2.33. The zero-order valence-electron chi connectivity index (χ0n) is 13.0. The highest BCUT2D eigenvalue weighted by molar-refractivity contribution is 9.10. The largest absolute Gasteiger partial charge is 0.496 e. The lowest BCUT2D eigenvalue weighted by atomic mass is 10.2. The van der Waals surface area contributed by atoms with Gasteiger partial charge in [-0.3, -0.25) is 0 Å². The Morgan fingerprint density at radius 2 is 2.00 bits per heavy atom. The van der Waals surface area contributed by atoms with E-state index in [1.165, 1.54) is 11.1 Å². The van der Waals surface area contributed by atoms with Crippen molar-refractivity contribution in [3.63, 3.8) is 0 Å². The lowest BCUT2D eigenvalue weighted by molar-refractivity contribution is 0.414. The van der Waals surface area contributed by atoms with Gasteiger partial charge in [0.2, 0.25) is 0 Å². The van der Waals surface area contributed by atoms with Gasteiger partial charge >= 0.3 is 0 Å². The molecule has 6 nitrogen and oxygen atoms in total. The van der Waals surface area contributed by atoms with Crippen LogP contribution in [-0.4, -0.2) is 39.6 Å². The summed E-state index contributed by atoms with van der Waals surface area (Å²) in [4.78, 5) is 0.196. The second-order valence-electron chi connectivity index (χ2n) is 5.04. The van der Waals surface area contributed by atoms with Crippen LogP contribution >= 0.6 is 15.9 Å². The quantitative estimate of drug-likeness (QED) is 0.579. The molecule has 1 aliphatic heterocycles. The molecule has 0 radical (unpaired) electrons. The van der Waals surface area contributed by atoms with Crippen molar-refractivity contribution in [2.45, 2.75) is 4.90 Å². The first-order valence-corrected chi connectivity index (χ1v) is 9.21. The van der Waals surface area contributed by atoms with E-state index in [1.807, 2.05) is 18.2 Å². The number of ether oxygens (including phenoxy) is 1. The number of halogens is 1.